The van der Waals surface area contributed by atoms with E-state index in [2.05, 4.69) is 33.1 Å². The van der Waals surface area contributed by atoms with Crippen LogP contribution in [0.25, 0.3) is 6.08 Å². The van der Waals surface area contributed by atoms with Crippen LogP contribution in [0.2, 0.25) is 0 Å². The number of nitrogens with zero attached hydrogens (tertiary/aromatic N) is 1. The van der Waals surface area contributed by atoms with Crippen LogP contribution in [0.4, 0.5) is 0 Å². The molecule has 1 aliphatic heterocycles. The van der Waals surface area contributed by atoms with Gasteiger partial charge in [-0.15, -0.1) is 0 Å². The summed E-state index contributed by atoms with van der Waals surface area (Å²) in [4.78, 5) is 16.0. The first-order valence-corrected chi connectivity index (χ1v) is 12.7. The predicted octanol–water partition coefficient (Wildman–Crippen LogP) is 5.89. The average molecular weight is 531 g/mol. The molecule has 4 rings (SSSR count). The Hall–Kier alpha value is -2.45. The maximum absolute atomic E-state index is 11.8. The smallest absolute Gasteiger partial charge is 0.286 e. The number of hydrogen-bond acceptors (Lipinski definition) is 6. The zero-order chi connectivity index (χ0) is 23.2. The third-order valence-corrected chi connectivity index (χ3v) is 7.14. The molecule has 0 saturated heterocycles. The molecule has 8 heteroatoms. The number of carbonyl (C=O) groups is 1. The van der Waals surface area contributed by atoms with Gasteiger partial charge in [-0.05, 0) is 87.9 Å². The van der Waals surface area contributed by atoms with Gasteiger partial charge in [-0.2, -0.15) is 4.99 Å². The van der Waals surface area contributed by atoms with Crippen LogP contribution >= 0.6 is 27.7 Å². The molecule has 0 unspecified atom stereocenters. The molecule has 0 aromatic heterocycles. The Labute approximate surface area is 206 Å². The summed E-state index contributed by atoms with van der Waals surface area (Å²) in [5.74, 6) is 2.33. The zero-order valence-corrected chi connectivity index (χ0v) is 20.9. The number of nitrogens with two attached hydrogens (primary N) is 1. The highest BCUT2D eigenvalue weighted by Crippen LogP contribution is 2.38. The number of benzene rings is 2. The van der Waals surface area contributed by atoms with Gasteiger partial charge in [0.05, 0.1) is 16.5 Å². The summed E-state index contributed by atoms with van der Waals surface area (Å²) in [5, 5.41) is 0.251. The number of hydrogen-bond donors (Lipinski definition) is 1. The van der Waals surface area contributed by atoms with Crippen molar-refractivity contribution in [3.8, 4) is 17.2 Å². The molecule has 0 atom stereocenters. The third-order valence-electron chi connectivity index (χ3n) is 5.74. The molecule has 2 aromatic rings. The van der Waals surface area contributed by atoms with Gasteiger partial charge in [0.15, 0.2) is 16.7 Å². The van der Waals surface area contributed by atoms with Crippen LogP contribution in [0.5, 0.6) is 17.2 Å². The third kappa shape index (κ3) is 6.12. The summed E-state index contributed by atoms with van der Waals surface area (Å²) in [7, 11) is 1.58. The van der Waals surface area contributed by atoms with Gasteiger partial charge in [0.1, 0.15) is 19.0 Å². The van der Waals surface area contributed by atoms with E-state index in [1.165, 1.54) is 37.7 Å². The Morgan fingerprint density at radius 3 is 2.52 bits per heavy atom. The Balaban J connectivity index is 1.32. The lowest BCUT2D eigenvalue weighted by Crippen LogP contribution is -2.10. The van der Waals surface area contributed by atoms with E-state index in [0.717, 1.165) is 27.5 Å². The van der Waals surface area contributed by atoms with E-state index in [0.29, 0.717) is 35.5 Å². The molecule has 6 nitrogen and oxygen atoms in total. The van der Waals surface area contributed by atoms with Crippen molar-refractivity contribution in [1.82, 2.24) is 0 Å². The first kappa shape index (κ1) is 23.7. The van der Waals surface area contributed by atoms with Gasteiger partial charge in [-0.1, -0.05) is 31.4 Å². The Bertz CT molecular complexity index is 1060. The highest BCUT2D eigenvalue weighted by atomic mass is 79.9. The number of thioether (sulfide) groups is 1. The van der Waals surface area contributed by atoms with Crippen molar-refractivity contribution in [2.45, 2.75) is 38.0 Å². The topological polar surface area (TPSA) is 83.1 Å². The summed E-state index contributed by atoms with van der Waals surface area (Å²) in [5.41, 5.74) is 7.81. The van der Waals surface area contributed by atoms with E-state index in [-0.39, 0.29) is 11.1 Å². The Morgan fingerprint density at radius 1 is 1.12 bits per heavy atom. The van der Waals surface area contributed by atoms with Gasteiger partial charge < -0.3 is 19.9 Å². The average Bonchev–Trinajstić information content (AvgIpc) is 3.14. The molecule has 0 bridgehead atoms. The number of carbonyl (C=O) groups excluding carboxylic acids is 1. The zero-order valence-electron chi connectivity index (χ0n) is 18.5. The van der Waals surface area contributed by atoms with Gasteiger partial charge in [0.2, 0.25) is 0 Å². The number of methoxy groups -OCH3 is 1. The molecule has 1 saturated carbocycles. The molecule has 2 aliphatic rings. The van der Waals surface area contributed by atoms with Gasteiger partial charge in [0, 0.05) is 0 Å². The van der Waals surface area contributed by atoms with E-state index < -0.39 is 0 Å². The van der Waals surface area contributed by atoms with Crippen molar-refractivity contribution in [2.24, 2.45) is 10.7 Å². The fourth-order valence-corrected chi connectivity index (χ4v) is 5.37. The number of ether oxygens (including phenoxy) is 3. The number of aliphatic imine (C=N–C) groups is 1. The minimum absolute atomic E-state index is 0.251. The van der Waals surface area contributed by atoms with Crippen LogP contribution in [0.3, 0.4) is 0 Å². The van der Waals surface area contributed by atoms with Gasteiger partial charge in [0.25, 0.3) is 5.91 Å². The minimum Gasteiger partial charge on any atom is -0.493 e. The SMILES string of the molecule is COc1cc(/C=C2/SC(N)=NC2=O)cc(Br)c1OCCOc1ccc(C2CCCCC2)cc1. The quantitative estimate of drug-likeness (QED) is 0.338. The van der Waals surface area contributed by atoms with Gasteiger partial charge >= 0.3 is 0 Å². The summed E-state index contributed by atoms with van der Waals surface area (Å²) in [6, 6.07) is 12.1. The summed E-state index contributed by atoms with van der Waals surface area (Å²) in [6.07, 6.45) is 8.33. The van der Waals surface area contributed by atoms with Crippen molar-refractivity contribution < 1.29 is 19.0 Å². The molecular formula is C25H27BrN2O4S. The van der Waals surface area contributed by atoms with Crippen molar-refractivity contribution in [3.05, 3.63) is 56.9 Å². The first-order chi connectivity index (χ1) is 16.0. The number of amides is 1. The molecule has 0 radical (unpaired) electrons. The number of amidine groups is 1. The molecule has 174 valence electrons. The van der Waals surface area contributed by atoms with Crippen LogP contribution in [-0.2, 0) is 4.79 Å². The molecule has 1 aliphatic carbocycles. The van der Waals surface area contributed by atoms with E-state index in [1.807, 2.05) is 18.2 Å². The van der Waals surface area contributed by atoms with Crippen molar-refractivity contribution in [1.29, 1.82) is 0 Å². The molecule has 0 spiro atoms. The number of halogens is 1. The maximum atomic E-state index is 11.8. The largest absolute Gasteiger partial charge is 0.493 e. The van der Waals surface area contributed by atoms with E-state index >= 15 is 0 Å². The maximum Gasteiger partial charge on any atom is 0.286 e. The summed E-state index contributed by atoms with van der Waals surface area (Å²) >= 11 is 4.69. The lowest BCUT2D eigenvalue weighted by molar-refractivity contribution is -0.113. The molecule has 2 N–H and O–H groups in total. The molecule has 1 fully saturated rings. The second kappa shape index (κ2) is 11.1. The van der Waals surface area contributed by atoms with E-state index in [4.69, 9.17) is 19.9 Å². The van der Waals surface area contributed by atoms with Crippen molar-refractivity contribution in [2.75, 3.05) is 20.3 Å². The second-order valence-electron chi connectivity index (χ2n) is 8.00. The molecule has 1 amide bonds. The summed E-state index contributed by atoms with van der Waals surface area (Å²) < 4.78 is 18.0. The number of rotatable bonds is 8. The molecular weight excluding hydrogens is 504 g/mol. The fourth-order valence-electron chi connectivity index (χ4n) is 4.12. The monoisotopic (exact) mass is 530 g/mol. The molecule has 1 heterocycles. The van der Waals surface area contributed by atoms with Crippen LogP contribution < -0.4 is 19.9 Å². The normalized spacial score (nSPS) is 17.8. The van der Waals surface area contributed by atoms with E-state index in [1.54, 1.807) is 19.3 Å². The highest BCUT2D eigenvalue weighted by Gasteiger charge is 2.20. The Morgan fingerprint density at radius 2 is 1.85 bits per heavy atom. The minimum atomic E-state index is -0.336. The van der Waals surface area contributed by atoms with Crippen LogP contribution in [0.1, 0.15) is 49.1 Å². The lowest BCUT2D eigenvalue weighted by atomic mass is 9.84. The lowest BCUT2D eigenvalue weighted by Gasteiger charge is -2.22. The second-order valence-corrected chi connectivity index (χ2v) is 9.92. The van der Waals surface area contributed by atoms with Crippen LogP contribution in [-0.4, -0.2) is 31.4 Å². The molecule has 2 aromatic carbocycles. The highest BCUT2D eigenvalue weighted by molar-refractivity contribution is 9.10. The fraction of sp³-hybridized carbons (Fsp3) is 0.360. The van der Waals surface area contributed by atoms with Crippen molar-refractivity contribution in [3.63, 3.8) is 0 Å². The standard InChI is InChI=1S/C25H27BrN2O4S/c1-30-21-14-16(15-22-24(29)28-25(27)33-22)13-20(26)23(21)32-12-11-31-19-9-7-18(8-10-19)17-5-3-2-4-6-17/h7-10,13-15,17H,2-6,11-12H2,1H3,(H2,27,28,29)/b22-15+. The van der Waals surface area contributed by atoms with Gasteiger partial charge in [-0.3, -0.25) is 4.79 Å². The van der Waals surface area contributed by atoms with Crippen LogP contribution in [0, 0.1) is 0 Å². The molecule has 33 heavy (non-hydrogen) atoms. The Kier molecular flexibility index (Phi) is 7.98. The van der Waals surface area contributed by atoms with E-state index in [9.17, 15) is 4.79 Å². The summed E-state index contributed by atoms with van der Waals surface area (Å²) in [6.45, 7) is 0.768. The van der Waals surface area contributed by atoms with Crippen LogP contribution in [0.15, 0.2) is 50.8 Å². The first-order valence-electron chi connectivity index (χ1n) is 11.0. The van der Waals surface area contributed by atoms with Gasteiger partial charge in [-0.25, -0.2) is 0 Å². The van der Waals surface area contributed by atoms with Crippen molar-refractivity contribution >= 4 is 44.8 Å². The predicted molar refractivity (Wildman–Crippen MR) is 136 cm³/mol.